The van der Waals surface area contributed by atoms with Crippen LogP contribution < -0.4 is 5.73 Å². The topological polar surface area (TPSA) is 43.8 Å². The van der Waals surface area contributed by atoms with Crippen LogP contribution in [0.1, 0.15) is 24.6 Å². The maximum absolute atomic E-state index is 13.5. The summed E-state index contributed by atoms with van der Waals surface area (Å²) in [6, 6.07) is 8.92. The molecule has 1 aromatic heterocycles. The molecule has 0 aliphatic heterocycles. The van der Waals surface area contributed by atoms with Crippen LogP contribution in [0.5, 0.6) is 0 Å². The molecule has 0 amide bonds. The van der Waals surface area contributed by atoms with Crippen molar-refractivity contribution in [3.05, 3.63) is 53.9 Å². The third kappa shape index (κ3) is 2.05. The molecular weight excluding hydrogens is 272 g/mol. The van der Waals surface area contributed by atoms with Crippen LogP contribution in [0.2, 0.25) is 0 Å². The van der Waals surface area contributed by atoms with Gasteiger partial charge >= 0.3 is 0 Å². The average molecular weight is 285 g/mol. The van der Waals surface area contributed by atoms with Gasteiger partial charge in [0.25, 0.3) is 0 Å². The minimum Gasteiger partial charge on any atom is -0.399 e. The summed E-state index contributed by atoms with van der Waals surface area (Å²) in [5.41, 5.74) is 8.44. The lowest BCUT2D eigenvalue weighted by Gasteiger charge is -2.09. The number of imidazole rings is 1. The molecular formula is C16H13F2N3. The van der Waals surface area contributed by atoms with Gasteiger partial charge in [-0.15, -0.1) is 0 Å². The maximum atomic E-state index is 13.5. The Hall–Kier alpha value is -2.43. The van der Waals surface area contributed by atoms with E-state index < -0.39 is 11.6 Å². The number of anilines is 1. The first-order valence-electron chi connectivity index (χ1n) is 6.86. The summed E-state index contributed by atoms with van der Waals surface area (Å²) < 4.78 is 28.9. The predicted molar refractivity (Wildman–Crippen MR) is 77.4 cm³/mol. The fraction of sp³-hybridized carbons (Fsp3) is 0.188. The van der Waals surface area contributed by atoms with E-state index in [2.05, 4.69) is 4.98 Å². The summed E-state index contributed by atoms with van der Waals surface area (Å²) in [5, 5.41) is 0. The van der Waals surface area contributed by atoms with Crippen LogP contribution in [0.4, 0.5) is 14.5 Å². The number of nitrogen functional groups attached to an aromatic ring is 1. The average Bonchev–Trinajstić information content (AvgIpc) is 3.18. The zero-order valence-electron chi connectivity index (χ0n) is 11.2. The molecule has 1 fully saturated rings. The number of fused-ring (bicyclic) bond motifs is 1. The van der Waals surface area contributed by atoms with E-state index in [1.807, 2.05) is 10.6 Å². The molecule has 3 nitrogen and oxygen atoms in total. The Morgan fingerprint density at radius 2 is 1.76 bits per heavy atom. The highest BCUT2D eigenvalue weighted by Gasteiger charge is 2.30. The fourth-order valence-corrected chi connectivity index (χ4v) is 2.67. The molecule has 0 unspecified atom stereocenters. The molecule has 1 heterocycles. The summed E-state index contributed by atoms with van der Waals surface area (Å²) in [6.45, 7) is 0. The number of rotatable bonds is 2. The molecule has 2 aromatic carbocycles. The van der Waals surface area contributed by atoms with Gasteiger partial charge in [0.2, 0.25) is 0 Å². The van der Waals surface area contributed by atoms with Gasteiger partial charge in [-0.05, 0) is 43.2 Å². The van der Waals surface area contributed by atoms with Crippen LogP contribution in [0.3, 0.4) is 0 Å². The first-order chi connectivity index (χ1) is 10.1. The molecule has 1 aliphatic carbocycles. The summed E-state index contributed by atoms with van der Waals surface area (Å²) in [6.07, 6.45) is 2.10. The van der Waals surface area contributed by atoms with Crippen LogP contribution in [0.15, 0.2) is 36.4 Å². The van der Waals surface area contributed by atoms with Gasteiger partial charge < -0.3 is 5.73 Å². The van der Waals surface area contributed by atoms with Crippen molar-refractivity contribution in [1.29, 1.82) is 0 Å². The second kappa shape index (κ2) is 4.28. The molecule has 5 heteroatoms. The number of hydrogen-bond acceptors (Lipinski definition) is 2. The van der Waals surface area contributed by atoms with Gasteiger partial charge in [-0.25, -0.2) is 13.8 Å². The number of halogens is 2. The van der Waals surface area contributed by atoms with E-state index in [0.29, 0.717) is 17.3 Å². The van der Waals surface area contributed by atoms with Gasteiger partial charge in [-0.3, -0.25) is 4.57 Å². The molecule has 2 N–H and O–H groups in total. The number of nitrogens with two attached hydrogens (primary N) is 1. The summed E-state index contributed by atoms with van der Waals surface area (Å²) in [4.78, 5) is 4.61. The predicted octanol–water partition coefficient (Wildman–Crippen LogP) is 3.76. The molecule has 4 rings (SSSR count). The van der Waals surface area contributed by atoms with E-state index in [0.717, 1.165) is 35.8 Å². The second-order valence-electron chi connectivity index (χ2n) is 5.46. The lowest BCUT2D eigenvalue weighted by molar-refractivity contribution is 0.581. The van der Waals surface area contributed by atoms with E-state index in [-0.39, 0.29) is 0 Å². The summed E-state index contributed by atoms with van der Waals surface area (Å²) in [7, 11) is 0. The van der Waals surface area contributed by atoms with E-state index in [9.17, 15) is 8.78 Å². The Morgan fingerprint density at radius 3 is 2.43 bits per heavy atom. The third-order valence-electron chi connectivity index (χ3n) is 3.75. The first-order valence-corrected chi connectivity index (χ1v) is 6.86. The lowest BCUT2D eigenvalue weighted by atomic mass is 10.2. The Bertz CT molecular complexity index is 830. The monoisotopic (exact) mass is 285 g/mol. The van der Waals surface area contributed by atoms with Crippen molar-refractivity contribution < 1.29 is 8.78 Å². The van der Waals surface area contributed by atoms with Gasteiger partial charge in [-0.2, -0.15) is 0 Å². The minimum atomic E-state index is -0.593. The molecule has 0 atom stereocenters. The number of hydrogen-bond donors (Lipinski definition) is 1. The van der Waals surface area contributed by atoms with Gasteiger partial charge in [0.1, 0.15) is 17.5 Å². The molecule has 3 aromatic rings. The quantitative estimate of drug-likeness (QED) is 0.728. The van der Waals surface area contributed by atoms with Crippen molar-refractivity contribution >= 4 is 16.7 Å². The largest absolute Gasteiger partial charge is 0.399 e. The highest BCUT2D eigenvalue weighted by Crippen LogP contribution is 2.42. The third-order valence-corrected chi connectivity index (χ3v) is 3.75. The summed E-state index contributed by atoms with van der Waals surface area (Å²) in [5.74, 6) is 0.0126. The van der Waals surface area contributed by atoms with Crippen LogP contribution in [0, 0.1) is 11.6 Å². The van der Waals surface area contributed by atoms with Crippen molar-refractivity contribution in [2.24, 2.45) is 0 Å². The normalized spacial score (nSPS) is 14.8. The standard InChI is InChI=1S/C16H13F2N3/c17-10-5-11(18)7-13(6-10)21-15-4-3-12(19)8-14(15)20-16(21)9-1-2-9/h3-9H,1-2,19H2. The summed E-state index contributed by atoms with van der Waals surface area (Å²) >= 11 is 0. The van der Waals surface area contributed by atoms with E-state index in [4.69, 9.17) is 5.73 Å². The SMILES string of the molecule is Nc1ccc2c(c1)nc(C1CC1)n2-c1cc(F)cc(F)c1. The zero-order valence-corrected chi connectivity index (χ0v) is 11.2. The Kier molecular flexibility index (Phi) is 2.51. The van der Waals surface area contributed by atoms with Crippen LogP contribution in [0.25, 0.3) is 16.7 Å². The van der Waals surface area contributed by atoms with E-state index in [1.54, 1.807) is 12.1 Å². The molecule has 106 valence electrons. The molecule has 0 radical (unpaired) electrons. The van der Waals surface area contributed by atoms with Gasteiger partial charge in [-0.1, -0.05) is 0 Å². The molecule has 1 aliphatic rings. The van der Waals surface area contributed by atoms with E-state index >= 15 is 0 Å². The number of aromatic nitrogens is 2. The van der Waals surface area contributed by atoms with Gasteiger partial charge in [0.15, 0.2) is 0 Å². The zero-order chi connectivity index (χ0) is 14.6. The highest BCUT2D eigenvalue weighted by molar-refractivity contribution is 5.81. The molecule has 1 saturated carbocycles. The Labute approximate surface area is 120 Å². The highest BCUT2D eigenvalue weighted by atomic mass is 19.1. The van der Waals surface area contributed by atoms with Gasteiger partial charge in [0, 0.05) is 17.7 Å². The molecule has 0 saturated heterocycles. The number of nitrogens with zero attached hydrogens (tertiary/aromatic N) is 2. The minimum absolute atomic E-state index is 0.352. The Balaban J connectivity index is 2.03. The first kappa shape index (κ1) is 12.3. The van der Waals surface area contributed by atoms with Crippen molar-refractivity contribution in [2.45, 2.75) is 18.8 Å². The number of benzene rings is 2. The molecule has 21 heavy (non-hydrogen) atoms. The van der Waals surface area contributed by atoms with Crippen molar-refractivity contribution in [1.82, 2.24) is 9.55 Å². The lowest BCUT2D eigenvalue weighted by Crippen LogP contribution is -2.01. The smallest absolute Gasteiger partial charge is 0.128 e. The van der Waals surface area contributed by atoms with E-state index in [1.165, 1.54) is 12.1 Å². The van der Waals surface area contributed by atoms with Crippen molar-refractivity contribution in [3.63, 3.8) is 0 Å². The van der Waals surface area contributed by atoms with Gasteiger partial charge in [0.05, 0.1) is 16.7 Å². The second-order valence-corrected chi connectivity index (χ2v) is 5.46. The molecule has 0 spiro atoms. The fourth-order valence-electron chi connectivity index (χ4n) is 2.67. The van der Waals surface area contributed by atoms with Crippen molar-refractivity contribution in [2.75, 3.05) is 5.73 Å². The Morgan fingerprint density at radius 1 is 1.05 bits per heavy atom. The van der Waals surface area contributed by atoms with Crippen LogP contribution >= 0.6 is 0 Å². The van der Waals surface area contributed by atoms with Crippen LogP contribution in [-0.4, -0.2) is 9.55 Å². The van der Waals surface area contributed by atoms with Crippen molar-refractivity contribution in [3.8, 4) is 5.69 Å². The van der Waals surface area contributed by atoms with Crippen LogP contribution in [-0.2, 0) is 0 Å². The molecule has 0 bridgehead atoms. The maximum Gasteiger partial charge on any atom is 0.128 e.